The van der Waals surface area contributed by atoms with Gasteiger partial charge in [-0.05, 0) is 30.7 Å². The van der Waals surface area contributed by atoms with Gasteiger partial charge in [0.15, 0.2) is 11.5 Å². The zero-order valence-electron chi connectivity index (χ0n) is 13.7. The summed E-state index contributed by atoms with van der Waals surface area (Å²) in [5.74, 6) is 1.11. The number of carbonyl (C=O) groups excluding carboxylic acids is 2. The molecule has 1 aromatic carbocycles. The predicted octanol–water partition coefficient (Wildman–Crippen LogP) is 2.11. The molecule has 4 rings (SSSR count). The van der Waals surface area contributed by atoms with Gasteiger partial charge in [0, 0.05) is 30.9 Å². The average molecular weight is 339 g/mol. The van der Waals surface area contributed by atoms with E-state index in [1.165, 1.54) is 0 Å². The molecule has 2 aliphatic rings. The highest BCUT2D eigenvalue weighted by Gasteiger charge is 2.36. The van der Waals surface area contributed by atoms with E-state index in [2.05, 4.69) is 10.3 Å². The van der Waals surface area contributed by atoms with Crippen LogP contribution in [0, 0.1) is 12.8 Å². The Bertz CT molecular complexity index is 852. The van der Waals surface area contributed by atoms with Crippen molar-refractivity contribution < 1.29 is 19.1 Å². The van der Waals surface area contributed by atoms with Crippen molar-refractivity contribution in [2.45, 2.75) is 13.3 Å². The zero-order valence-corrected chi connectivity index (χ0v) is 13.7. The van der Waals surface area contributed by atoms with Crippen LogP contribution in [0.1, 0.15) is 12.0 Å². The quantitative estimate of drug-likeness (QED) is 0.926. The van der Waals surface area contributed by atoms with Crippen LogP contribution in [-0.2, 0) is 9.59 Å². The molecule has 1 saturated heterocycles. The Morgan fingerprint density at radius 1 is 1.28 bits per heavy atom. The lowest BCUT2D eigenvalue weighted by molar-refractivity contribution is -0.122. The molecule has 0 bridgehead atoms. The molecule has 2 amide bonds. The monoisotopic (exact) mass is 339 g/mol. The summed E-state index contributed by atoms with van der Waals surface area (Å²) < 4.78 is 10.6. The Kier molecular flexibility index (Phi) is 3.76. The number of nitrogens with one attached hydrogen (secondary N) is 1. The molecule has 1 atom stereocenters. The standard InChI is InChI=1S/C18H17N3O4/c1-11-3-2-6-19-17(11)20-18(23)12-7-16(22)21(9-12)13-4-5-14-15(8-13)25-10-24-14/h2-6,8,12H,7,9-10H2,1H3,(H,19,20,23)/t12-/m1/s1. The summed E-state index contributed by atoms with van der Waals surface area (Å²) >= 11 is 0. The average Bonchev–Trinajstić information content (AvgIpc) is 3.22. The number of hydrogen-bond donors (Lipinski definition) is 1. The smallest absolute Gasteiger partial charge is 0.231 e. The fourth-order valence-corrected chi connectivity index (χ4v) is 3.02. The summed E-state index contributed by atoms with van der Waals surface area (Å²) in [6.45, 7) is 2.39. The number of pyridine rings is 1. The number of benzene rings is 1. The lowest BCUT2D eigenvalue weighted by Crippen LogP contribution is -2.28. The van der Waals surface area contributed by atoms with Crippen molar-refractivity contribution in [3.8, 4) is 11.5 Å². The normalized spacial score (nSPS) is 18.5. The fraction of sp³-hybridized carbons (Fsp3) is 0.278. The molecule has 1 fully saturated rings. The van der Waals surface area contributed by atoms with E-state index in [1.807, 2.05) is 19.1 Å². The van der Waals surface area contributed by atoms with E-state index in [9.17, 15) is 9.59 Å². The third-order valence-corrected chi connectivity index (χ3v) is 4.41. The van der Waals surface area contributed by atoms with Gasteiger partial charge >= 0.3 is 0 Å². The van der Waals surface area contributed by atoms with Gasteiger partial charge < -0.3 is 19.7 Å². The summed E-state index contributed by atoms with van der Waals surface area (Å²) in [4.78, 5) is 30.6. The molecular formula is C18H17N3O4. The SMILES string of the molecule is Cc1cccnc1NC(=O)[C@@H]1CC(=O)N(c2ccc3c(c2)OCO3)C1. The van der Waals surface area contributed by atoms with Crippen molar-refractivity contribution in [1.29, 1.82) is 0 Å². The third-order valence-electron chi connectivity index (χ3n) is 4.41. The van der Waals surface area contributed by atoms with Crippen LogP contribution in [0.2, 0.25) is 0 Å². The molecule has 7 heteroatoms. The van der Waals surface area contributed by atoms with Gasteiger partial charge in [-0.1, -0.05) is 6.07 Å². The van der Waals surface area contributed by atoms with Crippen molar-refractivity contribution >= 4 is 23.3 Å². The number of hydrogen-bond acceptors (Lipinski definition) is 5. The number of aromatic nitrogens is 1. The van der Waals surface area contributed by atoms with Crippen LogP contribution >= 0.6 is 0 Å². The van der Waals surface area contributed by atoms with Crippen molar-refractivity contribution in [2.75, 3.05) is 23.6 Å². The Labute approximate surface area is 144 Å². The van der Waals surface area contributed by atoms with Crippen LogP contribution in [0.25, 0.3) is 0 Å². The lowest BCUT2D eigenvalue weighted by atomic mass is 10.1. The Balaban J connectivity index is 1.48. The summed E-state index contributed by atoms with van der Waals surface area (Å²) in [6, 6.07) is 9.03. The number of anilines is 2. The number of ether oxygens (including phenoxy) is 2. The maximum Gasteiger partial charge on any atom is 0.231 e. The molecule has 0 unspecified atom stereocenters. The zero-order chi connectivity index (χ0) is 17.4. The van der Waals surface area contributed by atoms with E-state index in [0.29, 0.717) is 29.5 Å². The molecule has 0 spiro atoms. The van der Waals surface area contributed by atoms with Crippen LogP contribution in [0.15, 0.2) is 36.5 Å². The molecule has 1 aromatic heterocycles. The van der Waals surface area contributed by atoms with Crippen molar-refractivity contribution in [3.05, 3.63) is 42.1 Å². The second kappa shape index (κ2) is 6.08. The molecule has 0 saturated carbocycles. The molecule has 128 valence electrons. The van der Waals surface area contributed by atoms with E-state index in [4.69, 9.17) is 9.47 Å². The van der Waals surface area contributed by atoms with Gasteiger partial charge in [-0.2, -0.15) is 0 Å². The summed E-state index contributed by atoms with van der Waals surface area (Å²) in [7, 11) is 0. The lowest BCUT2D eigenvalue weighted by Gasteiger charge is -2.17. The molecule has 1 N–H and O–H groups in total. The van der Waals surface area contributed by atoms with Crippen LogP contribution in [0.3, 0.4) is 0 Å². The van der Waals surface area contributed by atoms with E-state index in [-0.39, 0.29) is 25.0 Å². The molecule has 2 aliphatic heterocycles. The van der Waals surface area contributed by atoms with Crippen LogP contribution in [-0.4, -0.2) is 30.1 Å². The highest BCUT2D eigenvalue weighted by atomic mass is 16.7. The molecule has 25 heavy (non-hydrogen) atoms. The maximum absolute atomic E-state index is 12.5. The van der Waals surface area contributed by atoms with Crippen LogP contribution in [0.5, 0.6) is 11.5 Å². The van der Waals surface area contributed by atoms with Gasteiger partial charge in [0.2, 0.25) is 18.6 Å². The van der Waals surface area contributed by atoms with Crippen LogP contribution in [0.4, 0.5) is 11.5 Å². The highest BCUT2D eigenvalue weighted by Crippen LogP contribution is 2.37. The first kappa shape index (κ1) is 15.4. The Morgan fingerprint density at radius 3 is 2.96 bits per heavy atom. The van der Waals surface area contributed by atoms with Crippen molar-refractivity contribution in [1.82, 2.24) is 4.98 Å². The topological polar surface area (TPSA) is 80.8 Å². The first-order chi connectivity index (χ1) is 12.1. The van der Waals surface area contributed by atoms with E-state index in [0.717, 1.165) is 5.56 Å². The first-order valence-electron chi connectivity index (χ1n) is 8.04. The van der Waals surface area contributed by atoms with Gasteiger partial charge in [0.05, 0.1) is 5.92 Å². The minimum atomic E-state index is -0.417. The van der Waals surface area contributed by atoms with Crippen LogP contribution < -0.4 is 19.7 Å². The highest BCUT2D eigenvalue weighted by molar-refractivity contribution is 6.03. The fourth-order valence-electron chi connectivity index (χ4n) is 3.02. The van der Waals surface area contributed by atoms with Gasteiger partial charge in [0.1, 0.15) is 5.82 Å². The maximum atomic E-state index is 12.5. The number of carbonyl (C=O) groups is 2. The Hall–Kier alpha value is -3.09. The first-order valence-corrected chi connectivity index (χ1v) is 8.04. The van der Waals surface area contributed by atoms with Gasteiger partial charge in [-0.15, -0.1) is 0 Å². The minimum absolute atomic E-state index is 0.0863. The molecule has 0 aliphatic carbocycles. The van der Waals surface area contributed by atoms with Gasteiger partial charge in [-0.25, -0.2) is 4.98 Å². The Morgan fingerprint density at radius 2 is 2.12 bits per heavy atom. The van der Waals surface area contributed by atoms with E-state index < -0.39 is 5.92 Å². The summed E-state index contributed by atoms with van der Waals surface area (Å²) in [6.07, 6.45) is 1.80. The summed E-state index contributed by atoms with van der Waals surface area (Å²) in [5.41, 5.74) is 1.59. The number of rotatable bonds is 3. The minimum Gasteiger partial charge on any atom is -0.454 e. The summed E-state index contributed by atoms with van der Waals surface area (Å²) in [5, 5.41) is 2.81. The molecular weight excluding hydrogens is 322 g/mol. The van der Waals surface area contributed by atoms with E-state index in [1.54, 1.807) is 29.3 Å². The second-order valence-corrected chi connectivity index (χ2v) is 6.10. The second-order valence-electron chi connectivity index (χ2n) is 6.10. The van der Waals surface area contributed by atoms with Crippen molar-refractivity contribution in [3.63, 3.8) is 0 Å². The number of nitrogens with zero attached hydrogens (tertiary/aromatic N) is 2. The number of aryl methyl sites for hydroxylation is 1. The third kappa shape index (κ3) is 2.88. The number of fused-ring (bicyclic) bond motifs is 1. The molecule has 0 radical (unpaired) electrons. The van der Waals surface area contributed by atoms with Crippen molar-refractivity contribution in [2.24, 2.45) is 5.92 Å². The van der Waals surface area contributed by atoms with Gasteiger partial charge in [0.25, 0.3) is 0 Å². The largest absolute Gasteiger partial charge is 0.454 e. The molecule has 3 heterocycles. The molecule has 2 aromatic rings. The predicted molar refractivity (Wildman–Crippen MR) is 90.6 cm³/mol. The number of amides is 2. The molecule has 7 nitrogen and oxygen atoms in total. The van der Waals surface area contributed by atoms with Gasteiger partial charge in [-0.3, -0.25) is 9.59 Å². The van der Waals surface area contributed by atoms with E-state index >= 15 is 0 Å².